The molecule has 4 rings (SSSR count). The Morgan fingerprint density at radius 2 is 1.61 bits per heavy atom. The SMILES string of the molecule is Cc1ccccc1-c1nnc(-c2ccc(C(=O)N3CC(C)OC(C)C3)cc2)o1. The van der Waals surface area contributed by atoms with E-state index in [0.717, 1.165) is 16.7 Å². The third kappa shape index (κ3) is 3.68. The van der Waals surface area contributed by atoms with E-state index in [9.17, 15) is 4.79 Å². The van der Waals surface area contributed by atoms with E-state index < -0.39 is 0 Å². The Balaban J connectivity index is 1.52. The summed E-state index contributed by atoms with van der Waals surface area (Å²) in [7, 11) is 0. The molecule has 0 radical (unpaired) electrons. The zero-order valence-electron chi connectivity index (χ0n) is 16.3. The lowest BCUT2D eigenvalue weighted by Gasteiger charge is -2.35. The van der Waals surface area contributed by atoms with Crippen LogP contribution in [0.4, 0.5) is 0 Å². The molecule has 0 spiro atoms. The van der Waals surface area contributed by atoms with E-state index >= 15 is 0 Å². The first kappa shape index (κ1) is 18.4. The molecule has 1 aromatic heterocycles. The molecule has 1 saturated heterocycles. The van der Waals surface area contributed by atoms with Crippen molar-refractivity contribution in [2.24, 2.45) is 0 Å². The third-order valence-electron chi connectivity index (χ3n) is 4.89. The number of carbonyl (C=O) groups is 1. The number of benzene rings is 2. The van der Waals surface area contributed by atoms with E-state index in [-0.39, 0.29) is 18.1 Å². The Bertz CT molecular complexity index is 971. The molecule has 0 saturated carbocycles. The molecule has 2 atom stereocenters. The van der Waals surface area contributed by atoms with Crippen molar-refractivity contribution in [1.29, 1.82) is 0 Å². The second kappa shape index (κ2) is 7.56. The fourth-order valence-electron chi connectivity index (χ4n) is 3.54. The standard InChI is InChI=1S/C22H23N3O3/c1-14-6-4-5-7-19(14)21-24-23-20(28-21)17-8-10-18(11-9-17)22(26)25-12-15(2)27-16(3)13-25/h4-11,15-16H,12-13H2,1-3H3. The number of hydrogen-bond acceptors (Lipinski definition) is 5. The largest absolute Gasteiger partial charge is 0.416 e. The van der Waals surface area contributed by atoms with Gasteiger partial charge in [-0.05, 0) is 56.7 Å². The third-order valence-corrected chi connectivity index (χ3v) is 4.89. The highest BCUT2D eigenvalue weighted by Crippen LogP contribution is 2.26. The second-order valence-corrected chi connectivity index (χ2v) is 7.27. The van der Waals surface area contributed by atoms with E-state index in [1.165, 1.54) is 0 Å². The molecule has 1 fully saturated rings. The molecule has 0 N–H and O–H groups in total. The average Bonchev–Trinajstić information content (AvgIpc) is 3.17. The van der Waals surface area contributed by atoms with Crippen LogP contribution in [0.15, 0.2) is 52.9 Å². The highest BCUT2D eigenvalue weighted by Gasteiger charge is 2.26. The zero-order chi connectivity index (χ0) is 19.7. The minimum atomic E-state index is 0.0136. The number of amides is 1. The topological polar surface area (TPSA) is 68.5 Å². The number of ether oxygens (including phenoxy) is 1. The molecule has 3 aromatic rings. The number of hydrogen-bond donors (Lipinski definition) is 0. The van der Waals surface area contributed by atoms with Crippen molar-refractivity contribution in [2.45, 2.75) is 33.0 Å². The lowest BCUT2D eigenvalue weighted by Crippen LogP contribution is -2.48. The molecule has 1 aliphatic rings. The maximum Gasteiger partial charge on any atom is 0.254 e. The molecule has 0 bridgehead atoms. The van der Waals surface area contributed by atoms with Crippen LogP contribution < -0.4 is 0 Å². The predicted molar refractivity (Wildman–Crippen MR) is 106 cm³/mol. The van der Waals surface area contributed by atoms with Crippen LogP contribution in [0.3, 0.4) is 0 Å². The molecule has 0 aliphatic carbocycles. The Kier molecular flexibility index (Phi) is 4.96. The number of aryl methyl sites for hydroxylation is 1. The second-order valence-electron chi connectivity index (χ2n) is 7.27. The highest BCUT2D eigenvalue weighted by molar-refractivity contribution is 5.94. The molecule has 2 heterocycles. The normalized spacial score (nSPS) is 19.6. The van der Waals surface area contributed by atoms with Crippen LogP contribution in [0.2, 0.25) is 0 Å². The van der Waals surface area contributed by atoms with Gasteiger partial charge < -0.3 is 14.1 Å². The first-order chi connectivity index (χ1) is 13.5. The summed E-state index contributed by atoms with van der Waals surface area (Å²) in [6, 6.07) is 15.2. The number of aromatic nitrogens is 2. The van der Waals surface area contributed by atoms with Crippen LogP contribution in [-0.4, -0.2) is 46.3 Å². The smallest absolute Gasteiger partial charge is 0.254 e. The Morgan fingerprint density at radius 3 is 2.29 bits per heavy atom. The van der Waals surface area contributed by atoms with Crippen LogP contribution in [0.25, 0.3) is 22.9 Å². The van der Waals surface area contributed by atoms with Crippen LogP contribution in [0.1, 0.15) is 29.8 Å². The maximum absolute atomic E-state index is 12.8. The van der Waals surface area contributed by atoms with Gasteiger partial charge in [-0.1, -0.05) is 18.2 Å². The average molecular weight is 377 g/mol. The predicted octanol–water partition coefficient (Wildman–Crippen LogP) is 3.96. The monoisotopic (exact) mass is 377 g/mol. The van der Waals surface area contributed by atoms with Gasteiger partial charge in [0.05, 0.1) is 12.2 Å². The van der Waals surface area contributed by atoms with Crippen molar-refractivity contribution < 1.29 is 13.9 Å². The van der Waals surface area contributed by atoms with Gasteiger partial charge in [0.25, 0.3) is 5.91 Å². The van der Waals surface area contributed by atoms with Gasteiger partial charge in [0.1, 0.15) is 0 Å². The maximum atomic E-state index is 12.8. The van der Waals surface area contributed by atoms with Crippen molar-refractivity contribution in [2.75, 3.05) is 13.1 Å². The molecule has 6 nitrogen and oxygen atoms in total. The lowest BCUT2D eigenvalue weighted by atomic mass is 10.1. The van der Waals surface area contributed by atoms with Crippen LogP contribution in [0, 0.1) is 6.92 Å². The Hall–Kier alpha value is -2.99. The molecule has 1 aliphatic heterocycles. The number of morpholine rings is 1. The number of rotatable bonds is 3. The van der Waals surface area contributed by atoms with Crippen LogP contribution >= 0.6 is 0 Å². The van der Waals surface area contributed by atoms with Gasteiger partial charge in [0, 0.05) is 29.8 Å². The van der Waals surface area contributed by atoms with Crippen molar-refractivity contribution in [1.82, 2.24) is 15.1 Å². The van der Waals surface area contributed by atoms with E-state index in [2.05, 4.69) is 10.2 Å². The summed E-state index contributed by atoms with van der Waals surface area (Å²) >= 11 is 0. The Morgan fingerprint density at radius 1 is 0.964 bits per heavy atom. The summed E-state index contributed by atoms with van der Waals surface area (Å²) in [5.74, 6) is 0.940. The van der Waals surface area contributed by atoms with Crippen molar-refractivity contribution in [3.63, 3.8) is 0 Å². The Labute approximate surface area is 164 Å². The zero-order valence-corrected chi connectivity index (χ0v) is 16.3. The molecular weight excluding hydrogens is 354 g/mol. The van der Waals surface area contributed by atoms with Gasteiger partial charge in [-0.3, -0.25) is 4.79 Å². The highest BCUT2D eigenvalue weighted by atomic mass is 16.5. The lowest BCUT2D eigenvalue weighted by molar-refractivity contribution is -0.0586. The molecular formula is C22H23N3O3. The minimum absolute atomic E-state index is 0.0136. The van der Waals surface area contributed by atoms with E-state index in [4.69, 9.17) is 9.15 Å². The fraction of sp³-hybridized carbons (Fsp3) is 0.318. The minimum Gasteiger partial charge on any atom is -0.416 e. The summed E-state index contributed by atoms with van der Waals surface area (Å²) in [6.45, 7) is 7.19. The molecule has 6 heteroatoms. The quantitative estimate of drug-likeness (QED) is 0.691. The van der Waals surface area contributed by atoms with Gasteiger partial charge >= 0.3 is 0 Å². The summed E-state index contributed by atoms with van der Waals surface area (Å²) in [5.41, 5.74) is 3.42. The van der Waals surface area contributed by atoms with Crippen LogP contribution in [0.5, 0.6) is 0 Å². The van der Waals surface area contributed by atoms with Crippen molar-refractivity contribution in [3.05, 3.63) is 59.7 Å². The fourth-order valence-corrected chi connectivity index (χ4v) is 3.54. The molecule has 1 amide bonds. The molecule has 144 valence electrons. The van der Waals surface area contributed by atoms with Gasteiger partial charge in [-0.2, -0.15) is 0 Å². The molecule has 2 unspecified atom stereocenters. The summed E-state index contributed by atoms with van der Waals surface area (Å²) in [6.07, 6.45) is 0.0930. The first-order valence-corrected chi connectivity index (χ1v) is 9.46. The van der Waals surface area contributed by atoms with Gasteiger partial charge in [-0.25, -0.2) is 0 Å². The summed E-state index contributed by atoms with van der Waals surface area (Å²) in [4.78, 5) is 14.6. The summed E-state index contributed by atoms with van der Waals surface area (Å²) in [5, 5.41) is 8.33. The van der Waals surface area contributed by atoms with E-state index in [1.54, 1.807) is 12.1 Å². The van der Waals surface area contributed by atoms with E-state index in [0.29, 0.717) is 30.4 Å². The van der Waals surface area contributed by atoms with Crippen molar-refractivity contribution in [3.8, 4) is 22.9 Å². The number of nitrogens with zero attached hydrogens (tertiary/aromatic N) is 3. The van der Waals surface area contributed by atoms with Gasteiger partial charge in [0.15, 0.2) is 0 Å². The summed E-state index contributed by atoms with van der Waals surface area (Å²) < 4.78 is 11.6. The first-order valence-electron chi connectivity index (χ1n) is 9.46. The van der Waals surface area contributed by atoms with Gasteiger partial charge in [-0.15, -0.1) is 10.2 Å². The van der Waals surface area contributed by atoms with Crippen LogP contribution in [-0.2, 0) is 4.74 Å². The number of carbonyl (C=O) groups excluding carboxylic acids is 1. The molecule has 28 heavy (non-hydrogen) atoms. The van der Waals surface area contributed by atoms with Crippen molar-refractivity contribution >= 4 is 5.91 Å². The van der Waals surface area contributed by atoms with Gasteiger partial charge in [0.2, 0.25) is 11.8 Å². The van der Waals surface area contributed by atoms with E-state index in [1.807, 2.05) is 62.1 Å². The molecule has 2 aromatic carbocycles.